The molecule has 60 valence electrons. The third-order valence-corrected chi connectivity index (χ3v) is 1.07. The summed E-state index contributed by atoms with van der Waals surface area (Å²) in [7, 11) is 4.00. The zero-order valence-corrected chi connectivity index (χ0v) is 10.7. The van der Waals surface area contributed by atoms with Crippen LogP contribution in [0.25, 0.3) is 0 Å². The minimum atomic E-state index is 0. The van der Waals surface area contributed by atoms with Gasteiger partial charge in [0.25, 0.3) is 0 Å². The van der Waals surface area contributed by atoms with Crippen molar-refractivity contribution in [2.75, 3.05) is 14.1 Å². The Hall–Kier alpha value is 0.540. The summed E-state index contributed by atoms with van der Waals surface area (Å²) >= 11 is 0. The topological polar surface area (TPSA) is 6.48 Å². The van der Waals surface area contributed by atoms with E-state index in [9.17, 15) is 0 Å². The SMILES string of the molecule is CN1C=CN(C)C=C1.I.I. The monoisotopic (exact) mass is 366 g/mol. The van der Waals surface area contributed by atoms with Crippen LogP contribution < -0.4 is 0 Å². The second kappa shape index (κ2) is 6.26. The van der Waals surface area contributed by atoms with Crippen LogP contribution in [0, 0.1) is 0 Å². The van der Waals surface area contributed by atoms with Gasteiger partial charge in [0.2, 0.25) is 0 Å². The lowest BCUT2D eigenvalue weighted by atomic mass is 10.6. The van der Waals surface area contributed by atoms with Crippen molar-refractivity contribution in [2.45, 2.75) is 0 Å². The number of halogens is 2. The summed E-state index contributed by atoms with van der Waals surface area (Å²) in [5, 5.41) is 0. The molecule has 0 bridgehead atoms. The first kappa shape index (κ1) is 13.2. The second-order valence-electron chi connectivity index (χ2n) is 1.93. The van der Waals surface area contributed by atoms with E-state index in [-0.39, 0.29) is 48.0 Å². The number of hydrogen-bond acceptors (Lipinski definition) is 2. The Bertz CT molecular complexity index is 106. The van der Waals surface area contributed by atoms with Gasteiger partial charge in [0.05, 0.1) is 0 Å². The molecule has 0 aromatic heterocycles. The molecule has 0 saturated heterocycles. The molecule has 2 nitrogen and oxygen atoms in total. The third-order valence-electron chi connectivity index (χ3n) is 1.07. The Labute approximate surface area is 96.0 Å². The minimum Gasteiger partial charge on any atom is -0.354 e. The van der Waals surface area contributed by atoms with Crippen molar-refractivity contribution in [3.63, 3.8) is 0 Å². The number of rotatable bonds is 0. The highest BCUT2D eigenvalue weighted by Crippen LogP contribution is 1.97. The third kappa shape index (κ3) is 4.37. The molecule has 0 atom stereocenters. The molecule has 0 unspecified atom stereocenters. The Kier molecular flexibility index (Phi) is 8.24. The van der Waals surface area contributed by atoms with Crippen LogP contribution >= 0.6 is 48.0 Å². The fourth-order valence-corrected chi connectivity index (χ4v) is 0.520. The van der Waals surface area contributed by atoms with Gasteiger partial charge >= 0.3 is 0 Å². The summed E-state index contributed by atoms with van der Waals surface area (Å²) in [6.07, 6.45) is 8.00. The standard InChI is InChI=1S/C6H10N2.2HI/c1-7-3-5-8(2)6-4-7;;/h3-6H,1-2H3;2*1H. The smallest absolute Gasteiger partial charge is 0.0194 e. The van der Waals surface area contributed by atoms with Gasteiger partial charge in [-0.15, -0.1) is 48.0 Å². The normalized spacial score (nSPS) is 14.2. The predicted octanol–water partition coefficient (Wildman–Crippen LogP) is 2.04. The van der Waals surface area contributed by atoms with Crippen molar-refractivity contribution in [1.82, 2.24) is 9.80 Å². The summed E-state index contributed by atoms with van der Waals surface area (Å²) in [5.74, 6) is 0. The van der Waals surface area contributed by atoms with Crippen LogP contribution in [0.4, 0.5) is 0 Å². The largest absolute Gasteiger partial charge is 0.354 e. The Morgan fingerprint density at radius 3 is 1.10 bits per heavy atom. The Morgan fingerprint density at radius 1 is 0.700 bits per heavy atom. The maximum Gasteiger partial charge on any atom is 0.0194 e. The van der Waals surface area contributed by atoms with Gasteiger partial charge in [-0.1, -0.05) is 0 Å². The first-order chi connectivity index (χ1) is 3.79. The van der Waals surface area contributed by atoms with Crippen LogP contribution in [0.3, 0.4) is 0 Å². The van der Waals surface area contributed by atoms with Gasteiger partial charge in [-0.2, -0.15) is 0 Å². The van der Waals surface area contributed by atoms with E-state index in [0.717, 1.165) is 0 Å². The van der Waals surface area contributed by atoms with E-state index < -0.39 is 0 Å². The van der Waals surface area contributed by atoms with Crippen LogP contribution in [0.5, 0.6) is 0 Å². The van der Waals surface area contributed by atoms with Crippen LogP contribution in [0.2, 0.25) is 0 Å². The fourth-order valence-electron chi connectivity index (χ4n) is 0.520. The molecule has 0 N–H and O–H groups in total. The van der Waals surface area contributed by atoms with E-state index in [0.29, 0.717) is 0 Å². The summed E-state index contributed by atoms with van der Waals surface area (Å²) in [5.41, 5.74) is 0. The van der Waals surface area contributed by atoms with Crippen molar-refractivity contribution in [3.05, 3.63) is 24.8 Å². The lowest BCUT2D eigenvalue weighted by Crippen LogP contribution is -2.12. The summed E-state index contributed by atoms with van der Waals surface area (Å²) in [6, 6.07) is 0. The van der Waals surface area contributed by atoms with Gasteiger partial charge in [-0.3, -0.25) is 0 Å². The lowest BCUT2D eigenvalue weighted by molar-refractivity contribution is 0.519. The van der Waals surface area contributed by atoms with E-state index in [1.165, 1.54) is 0 Å². The highest BCUT2D eigenvalue weighted by molar-refractivity contribution is 14.0. The Morgan fingerprint density at radius 2 is 0.900 bits per heavy atom. The molecule has 1 rings (SSSR count). The lowest BCUT2D eigenvalue weighted by Gasteiger charge is -2.17. The van der Waals surface area contributed by atoms with Crippen molar-refractivity contribution >= 4 is 48.0 Å². The van der Waals surface area contributed by atoms with Crippen molar-refractivity contribution < 1.29 is 0 Å². The minimum absolute atomic E-state index is 0. The fraction of sp³-hybridized carbons (Fsp3) is 0.333. The molecule has 0 aromatic carbocycles. The van der Waals surface area contributed by atoms with Crippen LogP contribution in [0.15, 0.2) is 24.8 Å². The van der Waals surface area contributed by atoms with Gasteiger partial charge in [0, 0.05) is 38.9 Å². The molecule has 0 saturated carbocycles. The van der Waals surface area contributed by atoms with Crippen molar-refractivity contribution in [2.24, 2.45) is 0 Å². The maximum atomic E-state index is 2.00. The van der Waals surface area contributed by atoms with Gasteiger partial charge in [0.1, 0.15) is 0 Å². The first-order valence-electron chi connectivity index (χ1n) is 2.59. The molecule has 0 aliphatic carbocycles. The van der Waals surface area contributed by atoms with E-state index in [4.69, 9.17) is 0 Å². The number of hydrogen-bond donors (Lipinski definition) is 0. The maximum absolute atomic E-state index is 2.00. The molecule has 0 spiro atoms. The van der Waals surface area contributed by atoms with Crippen LogP contribution in [-0.2, 0) is 0 Å². The quantitative estimate of drug-likeness (QED) is 0.606. The molecule has 10 heavy (non-hydrogen) atoms. The number of nitrogens with zero attached hydrogens (tertiary/aromatic N) is 2. The average molecular weight is 366 g/mol. The Balaban J connectivity index is 0. The van der Waals surface area contributed by atoms with E-state index >= 15 is 0 Å². The van der Waals surface area contributed by atoms with Crippen molar-refractivity contribution in [3.8, 4) is 0 Å². The summed E-state index contributed by atoms with van der Waals surface area (Å²) < 4.78 is 0. The molecule has 0 aromatic rings. The molecule has 1 aliphatic heterocycles. The molecule has 0 radical (unpaired) electrons. The van der Waals surface area contributed by atoms with Crippen LogP contribution in [-0.4, -0.2) is 23.9 Å². The summed E-state index contributed by atoms with van der Waals surface area (Å²) in [4.78, 5) is 4.00. The zero-order valence-electron chi connectivity index (χ0n) is 6.02. The van der Waals surface area contributed by atoms with Gasteiger partial charge in [-0.25, -0.2) is 0 Å². The van der Waals surface area contributed by atoms with Crippen LogP contribution in [0.1, 0.15) is 0 Å². The van der Waals surface area contributed by atoms with Gasteiger partial charge < -0.3 is 9.80 Å². The molecular formula is C6H12I2N2. The highest BCUT2D eigenvalue weighted by atomic mass is 127. The molecule has 0 amide bonds. The molecule has 0 fully saturated rings. The van der Waals surface area contributed by atoms with E-state index in [2.05, 4.69) is 0 Å². The molecular weight excluding hydrogens is 354 g/mol. The van der Waals surface area contributed by atoms with Gasteiger partial charge in [-0.05, 0) is 0 Å². The molecule has 4 heteroatoms. The van der Waals surface area contributed by atoms with Crippen molar-refractivity contribution in [1.29, 1.82) is 0 Å². The predicted molar refractivity (Wildman–Crippen MR) is 64.6 cm³/mol. The average Bonchev–Trinajstić information content (AvgIpc) is 1.77. The first-order valence-corrected chi connectivity index (χ1v) is 2.59. The second-order valence-corrected chi connectivity index (χ2v) is 1.93. The van der Waals surface area contributed by atoms with E-state index in [1.807, 2.05) is 48.7 Å². The van der Waals surface area contributed by atoms with Gasteiger partial charge in [0.15, 0.2) is 0 Å². The van der Waals surface area contributed by atoms with E-state index in [1.54, 1.807) is 0 Å². The highest BCUT2D eigenvalue weighted by Gasteiger charge is 1.90. The zero-order chi connectivity index (χ0) is 5.98. The molecule has 1 heterocycles. The molecule has 1 aliphatic rings. The summed E-state index contributed by atoms with van der Waals surface area (Å²) in [6.45, 7) is 0.